The lowest BCUT2D eigenvalue weighted by Crippen LogP contribution is -2.11. The van der Waals surface area contributed by atoms with Crippen LogP contribution in [0, 0.1) is 5.92 Å². The number of nitrogens with zero attached hydrogens (tertiary/aromatic N) is 2. The summed E-state index contributed by atoms with van der Waals surface area (Å²) in [6, 6.07) is 10.2. The third kappa shape index (κ3) is 11.5. The van der Waals surface area contributed by atoms with Gasteiger partial charge in [0.05, 0.1) is 18.8 Å². The van der Waals surface area contributed by atoms with E-state index in [1.807, 2.05) is 0 Å². The van der Waals surface area contributed by atoms with Crippen LogP contribution in [0.15, 0.2) is 36.4 Å². The van der Waals surface area contributed by atoms with Crippen molar-refractivity contribution in [1.29, 1.82) is 0 Å². The lowest BCUT2D eigenvalue weighted by molar-refractivity contribution is 0.0725. The van der Waals surface area contributed by atoms with Crippen LogP contribution in [0.25, 0.3) is 0 Å². The van der Waals surface area contributed by atoms with Crippen molar-refractivity contribution in [2.45, 2.75) is 91.4 Å². The lowest BCUT2D eigenvalue weighted by Gasteiger charge is -2.10. The monoisotopic (exact) mass is 470 g/mol. The molecule has 1 heterocycles. The number of carbonyl (C=O) groups excluding carboxylic acids is 1. The van der Waals surface area contributed by atoms with Crippen molar-refractivity contribution in [3.8, 4) is 17.5 Å². The maximum atomic E-state index is 12.4. The molecule has 0 amide bonds. The Morgan fingerprint density at radius 1 is 0.765 bits per heavy atom. The summed E-state index contributed by atoms with van der Waals surface area (Å²) in [6.07, 6.45) is 14.0. The predicted molar refractivity (Wildman–Crippen MR) is 136 cm³/mol. The molecule has 0 radical (unpaired) electrons. The second kappa shape index (κ2) is 16.9. The van der Waals surface area contributed by atoms with Crippen LogP contribution in [0.2, 0.25) is 0 Å². The summed E-state index contributed by atoms with van der Waals surface area (Å²) in [6.45, 7) is 7.75. The molecule has 0 fully saturated rings. The van der Waals surface area contributed by atoms with Crippen LogP contribution < -0.4 is 14.2 Å². The number of benzene rings is 1. The number of carbonyl (C=O) groups is 1. The van der Waals surface area contributed by atoms with Gasteiger partial charge in [-0.1, -0.05) is 85.0 Å². The number of hydrogen-bond donors (Lipinski definition) is 0. The van der Waals surface area contributed by atoms with E-state index in [1.54, 1.807) is 36.4 Å². The van der Waals surface area contributed by atoms with Gasteiger partial charge in [0.1, 0.15) is 5.75 Å². The van der Waals surface area contributed by atoms with Crippen molar-refractivity contribution in [2.75, 3.05) is 13.2 Å². The first-order chi connectivity index (χ1) is 16.6. The summed E-state index contributed by atoms with van der Waals surface area (Å²) in [4.78, 5) is 12.4. The zero-order chi connectivity index (χ0) is 24.4. The minimum atomic E-state index is -0.483. The molecule has 1 aromatic heterocycles. The Kier molecular flexibility index (Phi) is 13.7. The first kappa shape index (κ1) is 27.6. The fourth-order valence-electron chi connectivity index (χ4n) is 3.41. The molecule has 34 heavy (non-hydrogen) atoms. The number of esters is 1. The van der Waals surface area contributed by atoms with E-state index < -0.39 is 5.97 Å². The molecule has 0 aliphatic carbocycles. The van der Waals surface area contributed by atoms with E-state index in [2.05, 4.69) is 31.0 Å². The SMILES string of the molecule is CCCCCCCCCCCCOc1ccc(C(=O)Oc2ccc(OC[C@@H](C)CC)nn2)cc1. The molecule has 0 aliphatic heterocycles. The minimum Gasteiger partial charge on any atom is -0.494 e. The molecule has 0 saturated carbocycles. The Morgan fingerprint density at radius 2 is 1.35 bits per heavy atom. The van der Waals surface area contributed by atoms with Gasteiger partial charge in [-0.05, 0) is 36.6 Å². The largest absolute Gasteiger partial charge is 0.494 e. The Bertz CT molecular complexity index is 793. The molecule has 0 spiro atoms. The maximum Gasteiger partial charge on any atom is 0.344 e. The molecular weight excluding hydrogens is 428 g/mol. The second-order valence-electron chi connectivity index (χ2n) is 8.98. The second-order valence-corrected chi connectivity index (χ2v) is 8.98. The molecule has 0 aliphatic rings. The predicted octanol–water partition coefficient (Wildman–Crippen LogP) is 7.42. The molecule has 0 N–H and O–H groups in total. The molecule has 0 unspecified atom stereocenters. The van der Waals surface area contributed by atoms with Gasteiger partial charge in [0.15, 0.2) is 0 Å². The minimum absolute atomic E-state index is 0.141. The van der Waals surface area contributed by atoms with Crippen molar-refractivity contribution in [3.63, 3.8) is 0 Å². The van der Waals surface area contributed by atoms with Crippen molar-refractivity contribution in [2.24, 2.45) is 5.92 Å². The average Bonchev–Trinajstić information content (AvgIpc) is 2.87. The third-order valence-electron chi connectivity index (χ3n) is 5.88. The molecule has 2 aromatic rings. The van der Waals surface area contributed by atoms with E-state index in [0.717, 1.165) is 18.6 Å². The average molecular weight is 471 g/mol. The van der Waals surface area contributed by atoms with Crippen LogP contribution in [-0.4, -0.2) is 29.4 Å². The van der Waals surface area contributed by atoms with Gasteiger partial charge < -0.3 is 14.2 Å². The Hall–Kier alpha value is -2.63. The summed E-state index contributed by atoms with van der Waals surface area (Å²) < 4.78 is 16.7. The van der Waals surface area contributed by atoms with Crippen LogP contribution in [0.4, 0.5) is 0 Å². The zero-order valence-corrected chi connectivity index (χ0v) is 21.3. The number of ether oxygens (including phenoxy) is 3. The Morgan fingerprint density at radius 3 is 1.94 bits per heavy atom. The number of aromatic nitrogens is 2. The van der Waals surface area contributed by atoms with Crippen molar-refractivity contribution in [1.82, 2.24) is 10.2 Å². The molecule has 0 bridgehead atoms. The van der Waals surface area contributed by atoms with E-state index in [1.165, 1.54) is 57.8 Å². The standard InChI is InChI=1S/C28H42N2O4/c1-4-6-7-8-9-10-11-12-13-14-21-32-25-17-15-24(16-18-25)28(31)34-27-20-19-26(29-30-27)33-22-23(3)5-2/h15-20,23H,4-14,21-22H2,1-3H3/t23-/m0/s1. The maximum absolute atomic E-state index is 12.4. The zero-order valence-electron chi connectivity index (χ0n) is 21.3. The van der Waals surface area contributed by atoms with Crippen LogP contribution in [-0.2, 0) is 0 Å². The van der Waals surface area contributed by atoms with Gasteiger partial charge in [-0.25, -0.2) is 4.79 Å². The van der Waals surface area contributed by atoms with E-state index in [4.69, 9.17) is 14.2 Å². The van der Waals surface area contributed by atoms with Gasteiger partial charge in [0.2, 0.25) is 11.8 Å². The Balaban J connectivity index is 1.61. The quantitative estimate of drug-likeness (QED) is 0.167. The fraction of sp³-hybridized carbons (Fsp3) is 0.607. The molecule has 188 valence electrons. The smallest absolute Gasteiger partial charge is 0.344 e. The van der Waals surface area contributed by atoms with E-state index >= 15 is 0 Å². The van der Waals surface area contributed by atoms with Gasteiger partial charge >= 0.3 is 5.97 Å². The van der Waals surface area contributed by atoms with Crippen molar-refractivity contribution in [3.05, 3.63) is 42.0 Å². The van der Waals surface area contributed by atoms with Crippen molar-refractivity contribution >= 4 is 5.97 Å². The Labute approximate surface area is 205 Å². The van der Waals surface area contributed by atoms with E-state index in [9.17, 15) is 4.79 Å². The third-order valence-corrected chi connectivity index (χ3v) is 5.88. The first-order valence-electron chi connectivity index (χ1n) is 13.0. The lowest BCUT2D eigenvalue weighted by atomic mass is 10.1. The molecule has 2 rings (SSSR count). The van der Waals surface area contributed by atoms with E-state index in [0.29, 0.717) is 30.6 Å². The highest BCUT2D eigenvalue weighted by molar-refractivity contribution is 5.90. The highest BCUT2D eigenvalue weighted by Gasteiger charge is 2.11. The van der Waals surface area contributed by atoms with Gasteiger partial charge in [0, 0.05) is 12.1 Å². The first-order valence-corrected chi connectivity index (χ1v) is 13.0. The highest BCUT2D eigenvalue weighted by atomic mass is 16.5. The van der Waals surface area contributed by atoms with Gasteiger partial charge in [-0.3, -0.25) is 0 Å². The molecule has 6 nitrogen and oxygen atoms in total. The van der Waals surface area contributed by atoms with E-state index in [-0.39, 0.29) is 5.88 Å². The molecule has 6 heteroatoms. The van der Waals surface area contributed by atoms with Crippen LogP contribution in [0.1, 0.15) is 102 Å². The van der Waals surface area contributed by atoms with Crippen molar-refractivity contribution < 1.29 is 19.0 Å². The normalized spacial score (nSPS) is 11.7. The number of rotatable bonds is 18. The molecule has 0 saturated heterocycles. The topological polar surface area (TPSA) is 70.5 Å². The van der Waals surface area contributed by atoms with Crippen LogP contribution >= 0.6 is 0 Å². The molecule has 1 atom stereocenters. The summed E-state index contributed by atoms with van der Waals surface area (Å²) in [5, 5.41) is 7.87. The summed E-state index contributed by atoms with van der Waals surface area (Å²) in [5.74, 6) is 1.28. The fourth-order valence-corrected chi connectivity index (χ4v) is 3.41. The number of hydrogen-bond acceptors (Lipinski definition) is 6. The van der Waals surface area contributed by atoms with Gasteiger partial charge in [0.25, 0.3) is 0 Å². The molecule has 1 aromatic carbocycles. The summed E-state index contributed by atoms with van der Waals surface area (Å²) in [5.41, 5.74) is 0.435. The summed E-state index contributed by atoms with van der Waals surface area (Å²) >= 11 is 0. The highest BCUT2D eigenvalue weighted by Crippen LogP contribution is 2.17. The van der Waals surface area contributed by atoms with Crippen LogP contribution in [0.5, 0.6) is 17.5 Å². The number of unbranched alkanes of at least 4 members (excludes halogenated alkanes) is 9. The van der Waals surface area contributed by atoms with Gasteiger partial charge in [-0.15, -0.1) is 10.2 Å². The summed E-state index contributed by atoms with van der Waals surface area (Å²) in [7, 11) is 0. The van der Waals surface area contributed by atoms with Gasteiger partial charge in [-0.2, -0.15) is 0 Å². The van der Waals surface area contributed by atoms with Crippen LogP contribution in [0.3, 0.4) is 0 Å². The molecular formula is C28H42N2O4.